The van der Waals surface area contributed by atoms with Crippen LogP contribution in [-0.2, 0) is 4.79 Å². The van der Waals surface area contributed by atoms with Crippen LogP contribution in [0.15, 0.2) is 47.1 Å². The van der Waals surface area contributed by atoms with E-state index in [2.05, 4.69) is 5.32 Å². The molecule has 28 heavy (non-hydrogen) atoms. The molecule has 2 aliphatic carbocycles. The van der Waals surface area contributed by atoms with Gasteiger partial charge in [-0.15, -0.1) is 0 Å². The normalized spacial score (nSPS) is 17.9. The molecule has 2 fully saturated rings. The number of carbonyl (C=O) groups is 2. The van der Waals surface area contributed by atoms with Gasteiger partial charge >= 0.3 is 0 Å². The van der Waals surface area contributed by atoms with Gasteiger partial charge in [0.1, 0.15) is 11.8 Å². The maximum Gasteiger partial charge on any atom is 0.290 e. The molecular formula is C22H26N2O4. The lowest BCUT2D eigenvalue weighted by atomic mass is 10.0. The van der Waals surface area contributed by atoms with Gasteiger partial charge in [0, 0.05) is 12.1 Å². The minimum Gasteiger partial charge on any atom is -0.497 e. The molecule has 2 amide bonds. The molecule has 1 heterocycles. The fourth-order valence-electron chi connectivity index (χ4n) is 3.95. The van der Waals surface area contributed by atoms with Gasteiger partial charge in [0.05, 0.1) is 13.4 Å². The lowest BCUT2D eigenvalue weighted by Crippen LogP contribution is -2.47. The number of methoxy groups -OCH3 is 1. The average molecular weight is 382 g/mol. The van der Waals surface area contributed by atoms with Gasteiger partial charge in [0.15, 0.2) is 5.76 Å². The first kappa shape index (κ1) is 18.6. The van der Waals surface area contributed by atoms with Crippen molar-refractivity contribution in [3.8, 4) is 5.75 Å². The average Bonchev–Trinajstić information content (AvgIpc) is 3.17. The minimum absolute atomic E-state index is 0.0547. The van der Waals surface area contributed by atoms with E-state index in [0.717, 1.165) is 44.1 Å². The molecule has 1 aromatic heterocycles. The van der Waals surface area contributed by atoms with Crippen LogP contribution in [0.1, 0.15) is 60.7 Å². The Labute approximate surface area is 164 Å². The number of benzene rings is 1. The van der Waals surface area contributed by atoms with Gasteiger partial charge in [-0.1, -0.05) is 25.0 Å². The first-order chi connectivity index (χ1) is 13.7. The van der Waals surface area contributed by atoms with Crippen molar-refractivity contribution < 1.29 is 18.7 Å². The van der Waals surface area contributed by atoms with E-state index in [1.54, 1.807) is 24.1 Å². The van der Waals surface area contributed by atoms with Gasteiger partial charge in [0.2, 0.25) is 5.91 Å². The molecule has 1 atom stereocenters. The monoisotopic (exact) mass is 382 g/mol. The number of hydrogen-bond donors (Lipinski definition) is 1. The first-order valence-corrected chi connectivity index (χ1v) is 9.98. The van der Waals surface area contributed by atoms with Crippen molar-refractivity contribution in [1.82, 2.24) is 10.2 Å². The van der Waals surface area contributed by atoms with E-state index in [9.17, 15) is 9.59 Å². The quantitative estimate of drug-likeness (QED) is 0.793. The van der Waals surface area contributed by atoms with Gasteiger partial charge in [-0.2, -0.15) is 0 Å². The van der Waals surface area contributed by atoms with E-state index >= 15 is 0 Å². The van der Waals surface area contributed by atoms with E-state index in [0.29, 0.717) is 5.75 Å². The van der Waals surface area contributed by atoms with Crippen molar-refractivity contribution in [3.05, 3.63) is 54.0 Å². The van der Waals surface area contributed by atoms with E-state index in [1.165, 1.54) is 6.26 Å². The fourth-order valence-corrected chi connectivity index (χ4v) is 3.95. The molecule has 1 aromatic carbocycles. The standard InChI is InChI=1S/C22H26N2O4/c1-27-18-12-8-15(9-13-18)20(21(25)23-16-5-2-3-6-16)24(17-10-11-17)22(26)19-7-4-14-28-19/h4,7-9,12-14,16-17,20H,2-3,5-6,10-11H2,1H3,(H,23,25)/t20-/m0/s1. The third-order valence-corrected chi connectivity index (χ3v) is 5.57. The van der Waals surface area contributed by atoms with Crippen molar-refractivity contribution in [1.29, 1.82) is 0 Å². The topological polar surface area (TPSA) is 71.8 Å². The summed E-state index contributed by atoms with van der Waals surface area (Å²) in [5.41, 5.74) is 0.781. The molecule has 4 rings (SSSR count). The summed E-state index contributed by atoms with van der Waals surface area (Å²) >= 11 is 0. The minimum atomic E-state index is -0.684. The SMILES string of the molecule is COc1ccc([C@@H](C(=O)NC2CCCC2)N(C(=O)c2ccco2)C2CC2)cc1. The van der Waals surface area contributed by atoms with Gasteiger partial charge in [-0.3, -0.25) is 9.59 Å². The summed E-state index contributed by atoms with van der Waals surface area (Å²) in [5.74, 6) is 0.617. The smallest absolute Gasteiger partial charge is 0.290 e. The zero-order valence-electron chi connectivity index (χ0n) is 16.1. The van der Waals surface area contributed by atoms with Crippen molar-refractivity contribution in [3.63, 3.8) is 0 Å². The molecule has 0 unspecified atom stereocenters. The summed E-state index contributed by atoms with van der Waals surface area (Å²) in [6.45, 7) is 0. The Kier molecular flexibility index (Phi) is 5.37. The molecule has 148 valence electrons. The second-order valence-electron chi connectivity index (χ2n) is 7.59. The highest BCUT2D eigenvalue weighted by Gasteiger charge is 2.43. The summed E-state index contributed by atoms with van der Waals surface area (Å²) < 4.78 is 10.6. The Morgan fingerprint density at radius 3 is 2.39 bits per heavy atom. The molecule has 2 aliphatic rings. The van der Waals surface area contributed by atoms with Crippen LogP contribution in [0.4, 0.5) is 0 Å². The largest absolute Gasteiger partial charge is 0.497 e. The number of furan rings is 1. The summed E-state index contributed by atoms with van der Waals surface area (Å²) in [5, 5.41) is 3.17. The lowest BCUT2D eigenvalue weighted by molar-refractivity contribution is -0.126. The van der Waals surface area contributed by atoms with Crippen molar-refractivity contribution in [2.24, 2.45) is 0 Å². The van der Waals surface area contributed by atoms with Gasteiger partial charge < -0.3 is 19.4 Å². The molecular weight excluding hydrogens is 356 g/mol. The maximum absolute atomic E-state index is 13.3. The van der Waals surface area contributed by atoms with Crippen molar-refractivity contribution >= 4 is 11.8 Å². The highest BCUT2D eigenvalue weighted by molar-refractivity contribution is 5.96. The second kappa shape index (κ2) is 8.09. The fraction of sp³-hybridized carbons (Fsp3) is 0.455. The van der Waals surface area contributed by atoms with Gasteiger partial charge in [-0.25, -0.2) is 0 Å². The van der Waals surface area contributed by atoms with Crippen LogP contribution >= 0.6 is 0 Å². The van der Waals surface area contributed by atoms with Gasteiger partial charge in [0.25, 0.3) is 5.91 Å². The molecule has 0 saturated heterocycles. The van der Waals surface area contributed by atoms with Gasteiger partial charge in [-0.05, 0) is 55.5 Å². The summed E-state index contributed by atoms with van der Waals surface area (Å²) in [6, 6.07) is 10.3. The van der Waals surface area contributed by atoms with Crippen LogP contribution in [0, 0.1) is 0 Å². The summed E-state index contributed by atoms with van der Waals surface area (Å²) in [4.78, 5) is 28.2. The predicted molar refractivity (Wildman–Crippen MR) is 104 cm³/mol. The molecule has 2 aromatic rings. The number of ether oxygens (including phenoxy) is 1. The Hall–Kier alpha value is -2.76. The summed E-state index contributed by atoms with van der Waals surface area (Å²) in [7, 11) is 1.61. The summed E-state index contributed by atoms with van der Waals surface area (Å²) in [6.07, 6.45) is 7.55. The molecule has 0 spiro atoms. The second-order valence-corrected chi connectivity index (χ2v) is 7.59. The number of amides is 2. The number of carbonyl (C=O) groups excluding carboxylic acids is 2. The first-order valence-electron chi connectivity index (χ1n) is 9.98. The van der Waals surface area contributed by atoms with E-state index < -0.39 is 6.04 Å². The Bertz CT molecular complexity index is 806. The highest BCUT2D eigenvalue weighted by Crippen LogP contribution is 2.37. The molecule has 0 bridgehead atoms. The zero-order chi connectivity index (χ0) is 19.5. The number of hydrogen-bond acceptors (Lipinski definition) is 4. The highest BCUT2D eigenvalue weighted by atomic mass is 16.5. The Morgan fingerprint density at radius 1 is 1.11 bits per heavy atom. The zero-order valence-corrected chi connectivity index (χ0v) is 16.1. The lowest BCUT2D eigenvalue weighted by Gasteiger charge is -2.32. The van der Waals surface area contributed by atoms with Crippen molar-refractivity contribution in [2.75, 3.05) is 7.11 Å². The van der Waals surface area contributed by atoms with Crippen LogP contribution in [0.5, 0.6) is 5.75 Å². The van der Waals surface area contributed by atoms with Crippen molar-refractivity contribution in [2.45, 2.75) is 56.7 Å². The van der Waals surface area contributed by atoms with Crippen LogP contribution < -0.4 is 10.1 Å². The van der Waals surface area contributed by atoms with Crippen LogP contribution in [0.25, 0.3) is 0 Å². The maximum atomic E-state index is 13.3. The molecule has 6 heteroatoms. The number of rotatable bonds is 7. The Morgan fingerprint density at radius 2 is 1.82 bits per heavy atom. The van der Waals surface area contributed by atoms with E-state index in [1.807, 2.05) is 24.3 Å². The number of nitrogens with one attached hydrogen (secondary N) is 1. The van der Waals surface area contributed by atoms with Crippen LogP contribution in [-0.4, -0.2) is 35.9 Å². The number of nitrogens with zero attached hydrogens (tertiary/aromatic N) is 1. The van der Waals surface area contributed by atoms with E-state index in [-0.39, 0.29) is 29.7 Å². The molecule has 2 saturated carbocycles. The third-order valence-electron chi connectivity index (χ3n) is 5.57. The predicted octanol–water partition coefficient (Wildman–Crippen LogP) is 3.69. The molecule has 0 radical (unpaired) electrons. The Balaban J connectivity index is 1.67. The molecule has 6 nitrogen and oxygen atoms in total. The molecule has 1 N–H and O–H groups in total. The van der Waals surface area contributed by atoms with Crippen LogP contribution in [0.2, 0.25) is 0 Å². The van der Waals surface area contributed by atoms with E-state index in [4.69, 9.17) is 9.15 Å². The third kappa shape index (κ3) is 3.91. The van der Waals surface area contributed by atoms with Crippen LogP contribution in [0.3, 0.4) is 0 Å². The molecule has 0 aliphatic heterocycles.